The number of hydrogen-bond donors (Lipinski definition) is 1. The van der Waals surface area contributed by atoms with E-state index in [4.69, 9.17) is 5.73 Å². The van der Waals surface area contributed by atoms with Crippen LogP contribution in [-0.2, 0) is 6.54 Å². The van der Waals surface area contributed by atoms with Gasteiger partial charge in [-0.2, -0.15) is 0 Å². The SMILES string of the molecule is CCC(CCN)N1CCN(c2nccn2CC)CC1. The van der Waals surface area contributed by atoms with Crippen molar-refractivity contribution >= 4 is 5.95 Å². The van der Waals surface area contributed by atoms with Crippen LogP contribution in [-0.4, -0.2) is 53.2 Å². The van der Waals surface area contributed by atoms with E-state index in [9.17, 15) is 0 Å². The van der Waals surface area contributed by atoms with Gasteiger partial charge in [0.05, 0.1) is 0 Å². The molecule has 1 aromatic rings. The fourth-order valence-electron chi connectivity index (χ4n) is 2.96. The summed E-state index contributed by atoms with van der Waals surface area (Å²) in [5.74, 6) is 1.12. The van der Waals surface area contributed by atoms with E-state index in [-0.39, 0.29) is 0 Å². The third-order valence-electron chi connectivity index (χ3n) is 4.12. The van der Waals surface area contributed by atoms with Crippen LogP contribution in [0, 0.1) is 0 Å². The Morgan fingerprint density at radius 2 is 2.00 bits per heavy atom. The van der Waals surface area contributed by atoms with Gasteiger partial charge < -0.3 is 15.2 Å². The maximum Gasteiger partial charge on any atom is 0.205 e. The summed E-state index contributed by atoms with van der Waals surface area (Å²) in [4.78, 5) is 9.47. The Kier molecular flexibility index (Phi) is 5.22. The van der Waals surface area contributed by atoms with Crippen molar-refractivity contribution in [3.63, 3.8) is 0 Å². The summed E-state index contributed by atoms with van der Waals surface area (Å²) in [6.07, 6.45) is 6.26. The summed E-state index contributed by atoms with van der Waals surface area (Å²) in [6, 6.07) is 0.651. The van der Waals surface area contributed by atoms with Crippen LogP contribution in [0.2, 0.25) is 0 Å². The van der Waals surface area contributed by atoms with Gasteiger partial charge in [-0.3, -0.25) is 4.90 Å². The van der Waals surface area contributed by atoms with Crippen molar-refractivity contribution in [1.29, 1.82) is 0 Å². The van der Waals surface area contributed by atoms with E-state index < -0.39 is 0 Å². The second kappa shape index (κ2) is 6.91. The van der Waals surface area contributed by atoms with E-state index >= 15 is 0 Å². The molecule has 1 fully saturated rings. The highest BCUT2D eigenvalue weighted by Gasteiger charge is 2.23. The maximum absolute atomic E-state index is 5.70. The number of piperazine rings is 1. The van der Waals surface area contributed by atoms with Crippen molar-refractivity contribution < 1.29 is 0 Å². The third kappa shape index (κ3) is 3.28. The van der Waals surface area contributed by atoms with Crippen LogP contribution in [0.25, 0.3) is 0 Å². The summed E-state index contributed by atoms with van der Waals surface area (Å²) in [7, 11) is 0. The summed E-state index contributed by atoms with van der Waals surface area (Å²) < 4.78 is 2.22. The molecule has 1 saturated heterocycles. The zero-order valence-corrected chi connectivity index (χ0v) is 12.3. The van der Waals surface area contributed by atoms with Crippen molar-refractivity contribution in [3.8, 4) is 0 Å². The fourth-order valence-corrected chi connectivity index (χ4v) is 2.96. The van der Waals surface area contributed by atoms with Gasteiger partial charge in [0.15, 0.2) is 0 Å². The molecule has 2 rings (SSSR count). The number of anilines is 1. The van der Waals surface area contributed by atoms with Gasteiger partial charge >= 0.3 is 0 Å². The molecule has 1 aliphatic heterocycles. The Morgan fingerprint density at radius 1 is 1.26 bits per heavy atom. The van der Waals surface area contributed by atoms with E-state index in [2.05, 4.69) is 39.4 Å². The molecule has 0 aliphatic carbocycles. The smallest absolute Gasteiger partial charge is 0.205 e. The summed E-state index contributed by atoms with van der Waals surface area (Å²) in [5.41, 5.74) is 5.70. The van der Waals surface area contributed by atoms with E-state index in [0.29, 0.717) is 6.04 Å². The molecule has 0 radical (unpaired) electrons. The molecule has 2 N–H and O–H groups in total. The predicted octanol–water partition coefficient (Wildman–Crippen LogP) is 1.15. The van der Waals surface area contributed by atoms with Gasteiger partial charge in [-0.05, 0) is 26.3 Å². The standard InChI is InChI=1S/C14H27N5/c1-3-13(5-6-15)18-9-11-19(12-10-18)14-16-7-8-17(14)4-2/h7-8,13H,3-6,9-12,15H2,1-2H3. The van der Waals surface area contributed by atoms with E-state index in [1.165, 1.54) is 6.42 Å². The third-order valence-corrected chi connectivity index (χ3v) is 4.12. The molecule has 0 aromatic carbocycles. The van der Waals surface area contributed by atoms with Gasteiger partial charge in [-0.25, -0.2) is 4.98 Å². The van der Waals surface area contributed by atoms with E-state index in [1.54, 1.807) is 0 Å². The van der Waals surface area contributed by atoms with Crippen LogP contribution in [0.15, 0.2) is 12.4 Å². The van der Waals surface area contributed by atoms with Crippen molar-refractivity contribution in [3.05, 3.63) is 12.4 Å². The predicted molar refractivity (Wildman–Crippen MR) is 79.4 cm³/mol. The van der Waals surface area contributed by atoms with E-state index in [1.807, 2.05) is 6.20 Å². The maximum atomic E-state index is 5.70. The first kappa shape index (κ1) is 14.3. The molecule has 5 heteroatoms. The zero-order valence-electron chi connectivity index (χ0n) is 12.3. The normalized spacial score (nSPS) is 18.8. The van der Waals surface area contributed by atoms with Crippen molar-refractivity contribution in [1.82, 2.24) is 14.5 Å². The molecule has 0 bridgehead atoms. The molecule has 1 unspecified atom stereocenters. The van der Waals surface area contributed by atoms with Gasteiger partial charge in [0.25, 0.3) is 0 Å². The van der Waals surface area contributed by atoms with Gasteiger partial charge in [-0.15, -0.1) is 0 Å². The lowest BCUT2D eigenvalue weighted by Gasteiger charge is -2.39. The highest BCUT2D eigenvalue weighted by atomic mass is 15.4. The highest BCUT2D eigenvalue weighted by molar-refractivity contribution is 5.32. The molecular formula is C14H27N5. The van der Waals surface area contributed by atoms with Crippen molar-refractivity contribution in [2.45, 2.75) is 39.3 Å². The van der Waals surface area contributed by atoms with Gasteiger partial charge in [0.1, 0.15) is 0 Å². The van der Waals surface area contributed by atoms with Crippen LogP contribution in [0.4, 0.5) is 5.95 Å². The Hall–Kier alpha value is -1.07. The number of nitrogens with zero attached hydrogens (tertiary/aromatic N) is 4. The van der Waals surface area contributed by atoms with Crippen LogP contribution in [0.1, 0.15) is 26.7 Å². The Balaban J connectivity index is 1.92. The molecule has 1 atom stereocenters. The lowest BCUT2D eigenvalue weighted by Crippen LogP contribution is -2.51. The Morgan fingerprint density at radius 3 is 2.58 bits per heavy atom. The summed E-state index contributed by atoms with van der Waals surface area (Å²) in [6.45, 7) is 10.6. The van der Waals surface area contributed by atoms with Gasteiger partial charge in [0.2, 0.25) is 5.95 Å². The van der Waals surface area contributed by atoms with Crippen LogP contribution in [0.3, 0.4) is 0 Å². The molecule has 0 saturated carbocycles. The number of hydrogen-bond acceptors (Lipinski definition) is 4. The van der Waals surface area contributed by atoms with Crippen LogP contribution < -0.4 is 10.6 Å². The second-order valence-corrected chi connectivity index (χ2v) is 5.18. The Labute approximate surface area is 116 Å². The van der Waals surface area contributed by atoms with Crippen molar-refractivity contribution in [2.75, 3.05) is 37.6 Å². The molecule has 0 spiro atoms. The Bertz CT molecular complexity index is 368. The highest BCUT2D eigenvalue weighted by Crippen LogP contribution is 2.17. The van der Waals surface area contributed by atoms with E-state index in [0.717, 1.165) is 51.6 Å². The van der Waals surface area contributed by atoms with Crippen LogP contribution in [0.5, 0.6) is 0 Å². The molecule has 19 heavy (non-hydrogen) atoms. The number of rotatable bonds is 6. The molecular weight excluding hydrogens is 238 g/mol. The van der Waals surface area contributed by atoms with Gasteiger partial charge in [0, 0.05) is 51.2 Å². The summed E-state index contributed by atoms with van der Waals surface area (Å²) in [5, 5.41) is 0. The number of nitrogens with two attached hydrogens (primary N) is 1. The van der Waals surface area contributed by atoms with Crippen molar-refractivity contribution in [2.24, 2.45) is 5.73 Å². The molecule has 5 nitrogen and oxygen atoms in total. The minimum absolute atomic E-state index is 0.651. The van der Waals surface area contributed by atoms with Crippen LogP contribution >= 0.6 is 0 Å². The molecule has 1 aliphatic rings. The summed E-state index contributed by atoms with van der Waals surface area (Å²) >= 11 is 0. The molecule has 2 heterocycles. The monoisotopic (exact) mass is 265 g/mol. The molecule has 1 aromatic heterocycles. The number of aromatic nitrogens is 2. The zero-order chi connectivity index (χ0) is 13.7. The topological polar surface area (TPSA) is 50.3 Å². The average Bonchev–Trinajstić information content (AvgIpc) is 2.93. The minimum Gasteiger partial charge on any atom is -0.340 e. The minimum atomic E-state index is 0.651. The average molecular weight is 265 g/mol. The fraction of sp³-hybridized carbons (Fsp3) is 0.786. The molecule has 108 valence electrons. The lowest BCUT2D eigenvalue weighted by atomic mass is 10.1. The quantitative estimate of drug-likeness (QED) is 0.838. The molecule has 0 amide bonds. The first-order chi connectivity index (χ1) is 9.30. The first-order valence-electron chi connectivity index (χ1n) is 7.50. The van der Waals surface area contributed by atoms with Gasteiger partial charge in [-0.1, -0.05) is 6.92 Å². The largest absolute Gasteiger partial charge is 0.340 e. The number of imidazole rings is 1. The first-order valence-corrected chi connectivity index (χ1v) is 7.50. The lowest BCUT2D eigenvalue weighted by molar-refractivity contribution is 0.172. The second-order valence-electron chi connectivity index (χ2n) is 5.18. The number of aryl methyl sites for hydroxylation is 1.